The largest absolute Gasteiger partial charge is 0.376 e. The highest BCUT2D eigenvalue weighted by molar-refractivity contribution is 5.95. The highest BCUT2D eigenvalue weighted by Crippen LogP contribution is 2.20. The number of nitro benzene ring substituents is 1. The fraction of sp³-hybridized carbons (Fsp3) is 0.500. The molecule has 2 unspecified atom stereocenters. The zero-order chi connectivity index (χ0) is 14.7. The fourth-order valence-electron chi connectivity index (χ4n) is 2.33. The van der Waals surface area contributed by atoms with E-state index in [4.69, 9.17) is 4.74 Å². The van der Waals surface area contributed by atoms with Crippen LogP contribution in [0, 0.1) is 17.0 Å². The van der Waals surface area contributed by atoms with Gasteiger partial charge in [0.1, 0.15) is 0 Å². The van der Waals surface area contributed by atoms with Gasteiger partial charge in [0.15, 0.2) is 0 Å². The van der Waals surface area contributed by atoms with Gasteiger partial charge >= 0.3 is 0 Å². The van der Waals surface area contributed by atoms with Gasteiger partial charge in [-0.15, -0.1) is 0 Å². The van der Waals surface area contributed by atoms with Crippen molar-refractivity contribution in [2.24, 2.45) is 0 Å². The van der Waals surface area contributed by atoms with E-state index in [1.807, 2.05) is 6.92 Å². The van der Waals surface area contributed by atoms with Crippen LogP contribution in [0.5, 0.6) is 0 Å². The van der Waals surface area contributed by atoms with Crippen LogP contribution in [0.1, 0.15) is 35.7 Å². The number of ether oxygens (including phenoxy) is 1. The van der Waals surface area contributed by atoms with E-state index in [0.29, 0.717) is 11.1 Å². The molecule has 20 heavy (non-hydrogen) atoms. The van der Waals surface area contributed by atoms with E-state index in [0.717, 1.165) is 19.4 Å². The first kappa shape index (κ1) is 14.5. The molecule has 108 valence electrons. The smallest absolute Gasteiger partial charge is 0.273 e. The van der Waals surface area contributed by atoms with E-state index in [2.05, 4.69) is 5.32 Å². The molecule has 1 aliphatic heterocycles. The number of benzene rings is 1. The number of nitrogens with one attached hydrogen (secondary N) is 1. The topological polar surface area (TPSA) is 81.5 Å². The molecule has 1 aliphatic rings. The Morgan fingerprint density at radius 2 is 2.30 bits per heavy atom. The number of carbonyl (C=O) groups is 1. The molecule has 1 fully saturated rings. The van der Waals surface area contributed by atoms with Crippen molar-refractivity contribution in [2.75, 3.05) is 6.61 Å². The van der Waals surface area contributed by atoms with Crippen molar-refractivity contribution < 1.29 is 14.5 Å². The van der Waals surface area contributed by atoms with Crippen molar-refractivity contribution in [1.29, 1.82) is 0 Å². The van der Waals surface area contributed by atoms with E-state index in [9.17, 15) is 14.9 Å². The Bertz CT molecular complexity index is 524. The molecule has 1 heterocycles. The monoisotopic (exact) mass is 278 g/mol. The van der Waals surface area contributed by atoms with Crippen LogP contribution in [-0.2, 0) is 4.74 Å². The lowest BCUT2D eigenvalue weighted by atomic mass is 10.1. The molecule has 0 aliphatic carbocycles. The number of carbonyl (C=O) groups excluding carboxylic acids is 1. The van der Waals surface area contributed by atoms with Gasteiger partial charge in [0, 0.05) is 23.8 Å². The highest BCUT2D eigenvalue weighted by atomic mass is 16.6. The Balaban J connectivity index is 2.08. The summed E-state index contributed by atoms with van der Waals surface area (Å²) in [5, 5.41) is 13.7. The molecule has 1 aromatic carbocycles. The first-order valence-corrected chi connectivity index (χ1v) is 6.66. The summed E-state index contributed by atoms with van der Waals surface area (Å²) in [6, 6.07) is 4.39. The van der Waals surface area contributed by atoms with Crippen molar-refractivity contribution in [1.82, 2.24) is 5.32 Å². The second-order valence-corrected chi connectivity index (χ2v) is 5.07. The summed E-state index contributed by atoms with van der Waals surface area (Å²) < 4.78 is 5.51. The SMILES string of the molecule is Cc1ccc(C(=O)NC(C)C2CCCO2)cc1[N+](=O)[O-]. The number of hydrogen-bond acceptors (Lipinski definition) is 4. The lowest BCUT2D eigenvalue weighted by Gasteiger charge is -2.20. The van der Waals surface area contributed by atoms with Crippen molar-refractivity contribution in [3.8, 4) is 0 Å². The first-order valence-electron chi connectivity index (χ1n) is 6.66. The zero-order valence-corrected chi connectivity index (χ0v) is 11.6. The number of nitrogens with zero attached hydrogens (tertiary/aromatic N) is 1. The lowest BCUT2D eigenvalue weighted by molar-refractivity contribution is -0.385. The van der Waals surface area contributed by atoms with Crippen LogP contribution in [0.3, 0.4) is 0 Å². The third-order valence-electron chi connectivity index (χ3n) is 3.55. The van der Waals surface area contributed by atoms with Gasteiger partial charge < -0.3 is 10.1 Å². The molecule has 0 spiro atoms. The van der Waals surface area contributed by atoms with Crippen LogP contribution >= 0.6 is 0 Å². The van der Waals surface area contributed by atoms with Crippen molar-refractivity contribution >= 4 is 11.6 Å². The summed E-state index contributed by atoms with van der Waals surface area (Å²) in [5.74, 6) is -0.309. The number of hydrogen-bond donors (Lipinski definition) is 1. The van der Waals surface area contributed by atoms with E-state index in [-0.39, 0.29) is 23.7 Å². The molecule has 6 heteroatoms. The number of aryl methyl sites for hydroxylation is 1. The minimum Gasteiger partial charge on any atom is -0.376 e. The maximum Gasteiger partial charge on any atom is 0.273 e. The summed E-state index contributed by atoms with van der Waals surface area (Å²) in [5.41, 5.74) is 0.799. The van der Waals surface area contributed by atoms with E-state index < -0.39 is 4.92 Å². The minimum atomic E-state index is -0.477. The van der Waals surface area contributed by atoms with Gasteiger partial charge in [-0.05, 0) is 32.8 Å². The van der Waals surface area contributed by atoms with Crippen LogP contribution in [-0.4, -0.2) is 29.6 Å². The first-order chi connectivity index (χ1) is 9.49. The number of rotatable bonds is 4. The molecule has 1 saturated heterocycles. The Kier molecular flexibility index (Phi) is 4.34. The highest BCUT2D eigenvalue weighted by Gasteiger charge is 2.24. The summed E-state index contributed by atoms with van der Waals surface area (Å²) in [7, 11) is 0. The van der Waals surface area contributed by atoms with Crippen LogP contribution in [0.4, 0.5) is 5.69 Å². The van der Waals surface area contributed by atoms with Gasteiger partial charge in [0.25, 0.3) is 11.6 Å². The van der Waals surface area contributed by atoms with Crippen LogP contribution in [0.25, 0.3) is 0 Å². The van der Waals surface area contributed by atoms with E-state index in [1.54, 1.807) is 19.1 Å². The molecule has 2 atom stereocenters. The second kappa shape index (κ2) is 6.00. The van der Waals surface area contributed by atoms with Crippen LogP contribution in [0.15, 0.2) is 18.2 Å². The van der Waals surface area contributed by atoms with Gasteiger partial charge in [-0.3, -0.25) is 14.9 Å². The molecule has 1 N–H and O–H groups in total. The summed E-state index contributed by atoms with van der Waals surface area (Å²) in [6.45, 7) is 4.26. The Hall–Kier alpha value is -1.95. The molecule has 0 aromatic heterocycles. The van der Waals surface area contributed by atoms with Crippen LogP contribution < -0.4 is 5.32 Å². The average Bonchev–Trinajstić information content (AvgIpc) is 2.92. The van der Waals surface area contributed by atoms with Gasteiger partial charge in [-0.2, -0.15) is 0 Å². The molecule has 0 bridgehead atoms. The fourth-order valence-corrected chi connectivity index (χ4v) is 2.33. The predicted molar refractivity (Wildman–Crippen MR) is 73.7 cm³/mol. The van der Waals surface area contributed by atoms with Crippen LogP contribution in [0.2, 0.25) is 0 Å². The summed E-state index contributed by atoms with van der Waals surface area (Å²) >= 11 is 0. The number of amides is 1. The Morgan fingerprint density at radius 1 is 1.55 bits per heavy atom. The maximum atomic E-state index is 12.1. The molecule has 1 aromatic rings. The summed E-state index contributed by atoms with van der Waals surface area (Å²) in [6.07, 6.45) is 1.95. The Morgan fingerprint density at radius 3 is 2.90 bits per heavy atom. The molecular formula is C14H18N2O4. The third kappa shape index (κ3) is 3.14. The standard InChI is InChI=1S/C14H18N2O4/c1-9-5-6-11(8-12(9)16(18)19)14(17)15-10(2)13-4-3-7-20-13/h5-6,8,10,13H,3-4,7H2,1-2H3,(H,15,17). The molecular weight excluding hydrogens is 260 g/mol. The molecule has 6 nitrogen and oxygen atoms in total. The van der Waals surface area contributed by atoms with Crippen molar-refractivity contribution in [3.63, 3.8) is 0 Å². The zero-order valence-electron chi connectivity index (χ0n) is 11.6. The molecule has 2 rings (SSSR count). The van der Waals surface area contributed by atoms with Gasteiger partial charge in [-0.1, -0.05) is 6.07 Å². The normalized spacial score (nSPS) is 19.6. The maximum absolute atomic E-state index is 12.1. The van der Waals surface area contributed by atoms with Gasteiger partial charge in [0.2, 0.25) is 0 Å². The minimum absolute atomic E-state index is 0.0272. The van der Waals surface area contributed by atoms with E-state index >= 15 is 0 Å². The lowest BCUT2D eigenvalue weighted by Crippen LogP contribution is -2.40. The third-order valence-corrected chi connectivity index (χ3v) is 3.55. The average molecular weight is 278 g/mol. The van der Waals surface area contributed by atoms with E-state index in [1.165, 1.54) is 6.07 Å². The molecule has 0 radical (unpaired) electrons. The molecule has 0 saturated carbocycles. The Labute approximate surface area is 117 Å². The number of nitro groups is 1. The van der Waals surface area contributed by atoms with Gasteiger partial charge in [0.05, 0.1) is 17.1 Å². The predicted octanol–water partition coefficient (Wildman–Crippen LogP) is 2.20. The van der Waals surface area contributed by atoms with Crippen molar-refractivity contribution in [3.05, 3.63) is 39.4 Å². The summed E-state index contributed by atoms with van der Waals surface area (Å²) in [4.78, 5) is 22.5. The molecule has 1 amide bonds. The quantitative estimate of drug-likeness (QED) is 0.676. The second-order valence-electron chi connectivity index (χ2n) is 5.07. The van der Waals surface area contributed by atoms with Gasteiger partial charge in [-0.25, -0.2) is 0 Å². The van der Waals surface area contributed by atoms with Crippen molar-refractivity contribution in [2.45, 2.75) is 38.8 Å².